The van der Waals surface area contributed by atoms with Gasteiger partial charge in [0, 0.05) is 22.0 Å². The topological polar surface area (TPSA) is 62.2 Å². The summed E-state index contributed by atoms with van der Waals surface area (Å²) >= 11 is 7.59. The molecule has 0 saturated carbocycles. The number of nitrogens with zero attached hydrogens (tertiary/aromatic N) is 1. The molecule has 0 saturated heterocycles. The molecule has 4 nitrogen and oxygen atoms in total. The Morgan fingerprint density at radius 3 is 2.90 bits per heavy atom. The van der Waals surface area contributed by atoms with Crippen LogP contribution >= 0.6 is 22.9 Å². The van der Waals surface area contributed by atoms with E-state index in [9.17, 15) is 9.90 Å². The van der Waals surface area contributed by atoms with Crippen LogP contribution in [0.5, 0.6) is 0 Å². The van der Waals surface area contributed by atoms with Gasteiger partial charge in [-0.15, -0.1) is 11.3 Å². The summed E-state index contributed by atoms with van der Waals surface area (Å²) in [4.78, 5) is 17.3. The standard InChI is InChI=1S/C15H17ClN2O2S/c1-10-13(21-9-18-10)7-4-8-17-15(20)14(19)11-5-2-3-6-12(11)16/h2-3,5-6,9,14,19H,4,7-8H2,1H3,(H,17,20)/t14-/m1/s1. The average Bonchev–Trinajstić information content (AvgIpc) is 2.88. The van der Waals surface area contributed by atoms with Crippen LogP contribution in [0.2, 0.25) is 5.02 Å². The number of carbonyl (C=O) groups is 1. The summed E-state index contributed by atoms with van der Waals surface area (Å²) in [5, 5.41) is 13.1. The van der Waals surface area contributed by atoms with Crippen molar-refractivity contribution in [3.05, 3.63) is 50.9 Å². The molecular formula is C15H17ClN2O2S. The van der Waals surface area contributed by atoms with E-state index >= 15 is 0 Å². The van der Waals surface area contributed by atoms with Crippen LogP contribution in [-0.4, -0.2) is 22.5 Å². The lowest BCUT2D eigenvalue weighted by Crippen LogP contribution is -2.30. The van der Waals surface area contributed by atoms with Gasteiger partial charge >= 0.3 is 0 Å². The number of thiazole rings is 1. The molecule has 1 heterocycles. The van der Waals surface area contributed by atoms with E-state index in [1.807, 2.05) is 12.4 Å². The quantitative estimate of drug-likeness (QED) is 0.803. The van der Waals surface area contributed by atoms with Crippen molar-refractivity contribution in [1.29, 1.82) is 0 Å². The summed E-state index contributed by atoms with van der Waals surface area (Å²) in [6.45, 7) is 2.49. The highest BCUT2D eigenvalue weighted by Gasteiger charge is 2.19. The predicted octanol–water partition coefficient (Wildman–Crippen LogP) is 2.89. The van der Waals surface area contributed by atoms with Gasteiger partial charge in [-0.05, 0) is 25.8 Å². The van der Waals surface area contributed by atoms with E-state index in [1.54, 1.807) is 35.6 Å². The van der Waals surface area contributed by atoms with Gasteiger partial charge in [0.15, 0.2) is 6.10 Å². The lowest BCUT2D eigenvalue weighted by Gasteiger charge is -2.12. The van der Waals surface area contributed by atoms with Gasteiger partial charge in [0.25, 0.3) is 5.91 Å². The molecule has 2 N–H and O–H groups in total. The highest BCUT2D eigenvalue weighted by atomic mass is 35.5. The normalized spacial score (nSPS) is 12.1. The fourth-order valence-corrected chi connectivity index (χ4v) is 3.02. The first-order valence-corrected chi connectivity index (χ1v) is 7.94. The van der Waals surface area contributed by atoms with E-state index in [0.29, 0.717) is 17.1 Å². The smallest absolute Gasteiger partial charge is 0.253 e. The van der Waals surface area contributed by atoms with Gasteiger partial charge in [0.05, 0.1) is 11.2 Å². The van der Waals surface area contributed by atoms with Crippen LogP contribution in [0, 0.1) is 6.92 Å². The van der Waals surface area contributed by atoms with E-state index in [0.717, 1.165) is 18.5 Å². The van der Waals surface area contributed by atoms with Gasteiger partial charge in [0.2, 0.25) is 0 Å². The Morgan fingerprint density at radius 2 is 2.24 bits per heavy atom. The number of benzene rings is 1. The van der Waals surface area contributed by atoms with Crippen LogP contribution in [0.3, 0.4) is 0 Å². The second kappa shape index (κ2) is 7.54. The van der Waals surface area contributed by atoms with E-state index < -0.39 is 12.0 Å². The Bertz CT molecular complexity index is 615. The Morgan fingerprint density at radius 1 is 1.48 bits per heavy atom. The first-order valence-electron chi connectivity index (χ1n) is 6.68. The molecule has 0 radical (unpaired) electrons. The molecule has 0 spiro atoms. The second-order valence-electron chi connectivity index (χ2n) is 4.68. The number of halogens is 1. The average molecular weight is 325 g/mol. The van der Waals surface area contributed by atoms with Crippen LogP contribution in [0.1, 0.15) is 28.7 Å². The van der Waals surface area contributed by atoms with Gasteiger partial charge in [-0.25, -0.2) is 4.98 Å². The van der Waals surface area contributed by atoms with Crippen molar-refractivity contribution in [2.45, 2.75) is 25.9 Å². The van der Waals surface area contributed by atoms with Gasteiger partial charge < -0.3 is 10.4 Å². The summed E-state index contributed by atoms with van der Waals surface area (Å²) in [5.74, 6) is -0.427. The Balaban J connectivity index is 1.79. The monoisotopic (exact) mass is 324 g/mol. The van der Waals surface area contributed by atoms with Crippen molar-refractivity contribution in [1.82, 2.24) is 10.3 Å². The van der Waals surface area contributed by atoms with Gasteiger partial charge in [-0.2, -0.15) is 0 Å². The maximum absolute atomic E-state index is 11.9. The van der Waals surface area contributed by atoms with Crippen LogP contribution in [0.4, 0.5) is 0 Å². The fourth-order valence-electron chi connectivity index (χ4n) is 1.96. The number of amides is 1. The molecule has 0 aliphatic heterocycles. The Labute approximate surface area is 132 Å². The second-order valence-corrected chi connectivity index (χ2v) is 6.03. The number of aliphatic hydroxyl groups excluding tert-OH is 1. The minimum absolute atomic E-state index is 0.389. The number of aliphatic hydroxyl groups is 1. The number of nitrogens with one attached hydrogen (secondary N) is 1. The van der Waals surface area contributed by atoms with Gasteiger partial charge in [-0.1, -0.05) is 29.8 Å². The van der Waals surface area contributed by atoms with E-state index in [4.69, 9.17) is 11.6 Å². The van der Waals surface area contributed by atoms with E-state index in [1.165, 1.54) is 4.88 Å². The van der Waals surface area contributed by atoms with Crippen LogP contribution in [0.25, 0.3) is 0 Å². The number of carbonyl (C=O) groups excluding carboxylic acids is 1. The van der Waals surface area contributed by atoms with Gasteiger partial charge in [0.1, 0.15) is 0 Å². The molecule has 2 rings (SSSR count). The Kier molecular flexibility index (Phi) is 5.73. The molecule has 1 amide bonds. The van der Waals surface area contributed by atoms with Crippen molar-refractivity contribution < 1.29 is 9.90 Å². The molecule has 0 fully saturated rings. The van der Waals surface area contributed by atoms with Crippen molar-refractivity contribution >= 4 is 28.8 Å². The third-order valence-electron chi connectivity index (χ3n) is 3.17. The third kappa shape index (κ3) is 4.27. The molecule has 21 heavy (non-hydrogen) atoms. The van der Waals surface area contributed by atoms with Crippen molar-refractivity contribution in [3.63, 3.8) is 0 Å². The van der Waals surface area contributed by atoms with Crippen LogP contribution in [-0.2, 0) is 11.2 Å². The first kappa shape index (κ1) is 15.9. The molecule has 6 heteroatoms. The predicted molar refractivity (Wildman–Crippen MR) is 84.6 cm³/mol. The fraction of sp³-hybridized carbons (Fsp3) is 0.333. The summed E-state index contributed by atoms with van der Waals surface area (Å²) in [5.41, 5.74) is 3.29. The summed E-state index contributed by atoms with van der Waals surface area (Å²) in [6.07, 6.45) is 0.451. The number of hydrogen-bond acceptors (Lipinski definition) is 4. The minimum atomic E-state index is -1.23. The van der Waals surface area contributed by atoms with E-state index in [-0.39, 0.29) is 0 Å². The maximum Gasteiger partial charge on any atom is 0.253 e. The summed E-state index contributed by atoms with van der Waals surface area (Å²) in [7, 11) is 0. The molecule has 1 aromatic heterocycles. The largest absolute Gasteiger partial charge is 0.378 e. The Hall–Kier alpha value is -1.43. The zero-order valence-corrected chi connectivity index (χ0v) is 13.2. The summed E-state index contributed by atoms with van der Waals surface area (Å²) < 4.78 is 0. The SMILES string of the molecule is Cc1ncsc1CCCNC(=O)[C@H](O)c1ccccc1Cl. The minimum Gasteiger partial charge on any atom is -0.378 e. The first-order chi connectivity index (χ1) is 10.1. The van der Waals surface area contributed by atoms with Crippen molar-refractivity contribution in [3.8, 4) is 0 Å². The highest BCUT2D eigenvalue weighted by molar-refractivity contribution is 7.09. The van der Waals surface area contributed by atoms with Crippen molar-refractivity contribution in [2.24, 2.45) is 0 Å². The van der Waals surface area contributed by atoms with Crippen LogP contribution in [0.15, 0.2) is 29.8 Å². The lowest BCUT2D eigenvalue weighted by molar-refractivity contribution is -0.129. The number of rotatable bonds is 6. The van der Waals surface area contributed by atoms with Crippen LogP contribution < -0.4 is 5.32 Å². The number of aryl methyl sites for hydroxylation is 2. The molecule has 112 valence electrons. The number of aromatic nitrogens is 1. The molecule has 2 aromatic rings. The number of hydrogen-bond donors (Lipinski definition) is 2. The molecule has 0 unspecified atom stereocenters. The zero-order chi connectivity index (χ0) is 15.2. The molecule has 0 aliphatic rings. The molecule has 1 aromatic carbocycles. The maximum atomic E-state index is 11.9. The lowest BCUT2D eigenvalue weighted by atomic mass is 10.1. The van der Waals surface area contributed by atoms with Gasteiger partial charge in [-0.3, -0.25) is 4.79 Å². The third-order valence-corrected chi connectivity index (χ3v) is 4.51. The van der Waals surface area contributed by atoms with Crippen molar-refractivity contribution in [2.75, 3.05) is 6.54 Å². The molecule has 0 bridgehead atoms. The summed E-state index contributed by atoms with van der Waals surface area (Å²) in [6, 6.07) is 6.80. The molecular weight excluding hydrogens is 308 g/mol. The zero-order valence-electron chi connectivity index (χ0n) is 11.7. The highest BCUT2D eigenvalue weighted by Crippen LogP contribution is 2.22. The molecule has 0 aliphatic carbocycles. The van der Waals surface area contributed by atoms with E-state index in [2.05, 4.69) is 10.3 Å². The molecule has 1 atom stereocenters.